The second-order valence-corrected chi connectivity index (χ2v) is 6.67. The summed E-state index contributed by atoms with van der Waals surface area (Å²) < 4.78 is 5.47. The maximum Gasteiger partial charge on any atom is 0.270 e. The number of nitro groups is 1. The summed E-state index contributed by atoms with van der Waals surface area (Å²) in [6.07, 6.45) is 0.930. The molecule has 0 saturated carbocycles. The highest BCUT2D eigenvalue weighted by molar-refractivity contribution is 6.04. The molecule has 0 spiro atoms. The Hall–Kier alpha value is -4.20. The number of carbonyl (C=O) groups excluding carboxylic acids is 2. The van der Waals surface area contributed by atoms with Crippen molar-refractivity contribution in [2.24, 2.45) is 0 Å². The Morgan fingerprint density at radius 3 is 2.23 bits per heavy atom. The minimum Gasteiger partial charge on any atom is -0.484 e. The number of aryl methyl sites for hydroxylation is 1. The smallest absolute Gasteiger partial charge is 0.270 e. The fourth-order valence-corrected chi connectivity index (χ4v) is 2.77. The molecule has 0 bridgehead atoms. The molecule has 3 aromatic carbocycles. The van der Waals surface area contributed by atoms with Crippen molar-refractivity contribution >= 4 is 28.9 Å². The molecule has 0 unspecified atom stereocenters. The highest BCUT2D eigenvalue weighted by Crippen LogP contribution is 2.18. The van der Waals surface area contributed by atoms with Crippen LogP contribution in [0.2, 0.25) is 0 Å². The van der Waals surface area contributed by atoms with E-state index in [2.05, 4.69) is 17.6 Å². The monoisotopic (exact) mass is 419 g/mol. The van der Waals surface area contributed by atoms with Crippen LogP contribution in [0, 0.1) is 10.1 Å². The molecule has 0 fully saturated rings. The van der Waals surface area contributed by atoms with Crippen molar-refractivity contribution in [3.63, 3.8) is 0 Å². The zero-order valence-corrected chi connectivity index (χ0v) is 16.8. The number of hydrogen-bond acceptors (Lipinski definition) is 5. The first-order chi connectivity index (χ1) is 14.9. The quantitative estimate of drug-likeness (QED) is 0.415. The lowest BCUT2D eigenvalue weighted by molar-refractivity contribution is -0.384. The summed E-state index contributed by atoms with van der Waals surface area (Å²) in [7, 11) is 0. The van der Waals surface area contributed by atoms with E-state index in [0.717, 1.165) is 6.42 Å². The van der Waals surface area contributed by atoms with E-state index >= 15 is 0 Å². The summed E-state index contributed by atoms with van der Waals surface area (Å²) in [5, 5.41) is 16.3. The van der Waals surface area contributed by atoms with Gasteiger partial charge in [-0.1, -0.05) is 25.1 Å². The summed E-state index contributed by atoms with van der Waals surface area (Å²) in [5.74, 6) is -0.289. The average molecular weight is 419 g/mol. The Kier molecular flexibility index (Phi) is 6.95. The van der Waals surface area contributed by atoms with Crippen LogP contribution in [-0.4, -0.2) is 23.3 Å². The van der Waals surface area contributed by atoms with Crippen LogP contribution in [0.4, 0.5) is 17.1 Å². The van der Waals surface area contributed by atoms with E-state index in [0.29, 0.717) is 17.1 Å². The van der Waals surface area contributed by atoms with Gasteiger partial charge in [-0.15, -0.1) is 0 Å². The summed E-state index contributed by atoms with van der Waals surface area (Å²) in [6.45, 7) is 1.90. The van der Waals surface area contributed by atoms with Crippen molar-refractivity contribution in [1.29, 1.82) is 0 Å². The number of non-ortho nitro benzene ring substituents is 1. The highest BCUT2D eigenvalue weighted by atomic mass is 16.6. The molecular formula is C23H21N3O5. The second-order valence-electron chi connectivity index (χ2n) is 6.67. The second kappa shape index (κ2) is 10.0. The SMILES string of the molecule is CCc1ccc(NC(=O)COc2ccc(NC(=O)c3cccc([N+](=O)[O-])c3)cc2)cc1. The van der Waals surface area contributed by atoms with Gasteiger partial charge >= 0.3 is 0 Å². The number of amides is 2. The third kappa shape index (κ3) is 6.14. The van der Waals surface area contributed by atoms with Crippen molar-refractivity contribution < 1.29 is 19.2 Å². The highest BCUT2D eigenvalue weighted by Gasteiger charge is 2.12. The Labute approximate surface area is 179 Å². The van der Waals surface area contributed by atoms with Gasteiger partial charge in [-0.2, -0.15) is 0 Å². The minimum absolute atomic E-state index is 0.156. The first-order valence-corrected chi connectivity index (χ1v) is 9.62. The molecule has 0 atom stereocenters. The molecule has 31 heavy (non-hydrogen) atoms. The Bertz CT molecular complexity index is 1080. The number of nitrogens with one attached hydrogen (secondary N) is 2. The van der Waals surface area contributed by atoms with Gasteiger partial charge in [0.2, 0.25) is 0 Å². The number of nitrogens with zero attached hydrogens (tertiary/aromatic N) is 1. The predicted molar refractivity (Wildman–Crippen MR) is 117 cm³/mol. The largest absolute Gasteiger partial charge is 0.484 e. The fourth-order valence-electron chi connectivity index (χ4n) is 2.77. The molecule has 158 valence electrons. The Balaban J connectivity index is 1.51. The van der Waals surface area contributed by atoms with Crippen LogP contribution in [0.25, 0.3) is 0 Å². The van der Waals surface area contributed by atoms with Crippen LogP contribution in [0.1, 0.15) is 22.8 Å². The van der Waals surface area contributed by atoms with E-state index in [-0.39, 0.29) is 23.8 Å². The van der Waals surface area contributed by atoms with E-state index in [1.165, 1.54) is 29.8 Å². The molecule has 2 N–H and O–H groups in total. The van der Waals surface area contributed by atoms with Gasteiger partial charge in [0.1, 0.15) is 5.75 Å². The summed E-state index contributed by atoms with van der Waals surface area (Å²) in [6, 6.07) is 19.5. The number of rotatable bonds is 8. The minimum atomic E-state index is -0.556. The lowest BCUT2D eigenvalue weighted by atomic mass is 10.1. The zero-order valence-electron chi connectivity index (χ0n) is 16.8. The van der Waals surface area contributed by atoms with Gasteiger partial charge < -0.3 is 15.4 Å². The van der Waals surface area contributed by atoms with Crippen molar-refractivity contribution in [2.45, 2.75) is 13.3 Å². The standard InChI is InChI=1S/C23H21N3O5/c1-2-16-6-8-18(9-7-16)24-22(27)15-31-21-12-10-19(11-13-21)25-23(28)17-4-3-5-20(14-17)26(29)30/h3-14H,2,15H2,1H3,(H,24,27)(H,25,28). The third-order valence-electron chi connectivity index (χ3n) is 4.45. The topological polar surface area (TPSA) is 111 Å². The first kappa shape index (κ1) is 21.5. The molecule has 8 nitrogen and oxygen atoms in total. The molecule has 0 aromatic heterocycles. The van der Waals surface area contributed by atoms with Crippen molar-refractivity contribution in [2.75, 3.05) is 17.2 Å². The maximum absolute atomic E-state index is 12.3. The molecule has 3 rings (SSSR count). The molecule has 8 heteroatoms. The summed E-state index contributed by atoms with van der Waals surface area (Å²) >= 11 is 0. The van der Waals surface area contributed by atoms with Crippen LogP contribution in [0.5, 0.6) is 5.75 Å². The van der Waals surface area contributed by atoms with Crippen molar-refractivity contribution in [1.82, 2.24) is 0 Å². The molecule has 0 aliphatic heterocycles. The van der Waals surface area contributed by atoms with Crippen LogP contribution in [0.3, 0.4) is 0 Å². The molecule has 0 heterocycles. The molecule has 0 aliphatic rings. The maximum atomic E-state index is 12.3. The third-order valence-corrected chi connectivity index (χ3v) is 4.45. The van der Waals surface area contributed by atoms with Gasteiger partial charge in [0.15, 0.2) is 6.61 Å². The van der Waals surface area contributed by atoms with Crippen LogP contribution < -0.4 is 15.4 Å². The van der Waals surface area contributed by atoms with Crippen LogP contribution in [-0.2, 0) is 11.2 Å². The zero-order chi connectivity index (χ0) is 22.2. The molecule has 0 radical (unpaired) electrons. The van der Waals surface area contributed by atoms with Gasteiger partial charge in [-0.25, -0.2) is 0 Å². The van der Waals surface area contributed by atoms with E-state index in [9.17, 15) is 19.7 Å². The average Bonchev–Trinajstić information content (AvgIpc) is 2.79. The van der Waals surface area contributed by atoms with E-state index in [1.807, 2.05) is 24.3 Å². The number of nitro benzene ring substituents is 1. The van der Waals surface area contributed by atoms with Gasteiger partial charge in [0.25, 0.3) is 17.5 Å². The number of anilines is 2. The lowest BCUT2D eigenvalue weighted by Gasteiger charge is -2.09. The fraction of sp³-hybridized carbons (Fsp3) is 0.130. The molecule has 0 aliphatic carbocycles. The summed E-state index contributed by atoms with van der Waals surface area (Å²) in [5.41, 5.74) is 2.40. The van der Waals surface area contributed by atoms with Gasteiger partial charge in [-0.3, -0.25) is 19.7 Å². The number of ether oxygens (including phenoxy) is 1. The van der Waals surface area contributed by atoms with E-state index in [1.54, 1.807) is 24.3 Å². The Morgan fingerprint density at radius 1 is 0.935 bits per heavy atom. The van der Waals surface area contributed by atoms with Gasteiger partial charge in [0.05, 0.1) is 4.92 Å². The predicted octanol–water partition coefficient (Wildman–Crippen LogP) is 4.43. The lowest BCUT2D eigenvalue weighted by Crippen LogP contribution is -2.20. The normalized spacial score (nSPS) is 10.2. The number of carbonyl (C=O) groups is 2. The Morgan fingerprint density at radius 2 is 1.58 bits per heavy atom. The number of hydrogen-bond donors (Lipinski definition) is 2. The van der Waals surface area contributed by atoms with E-state index < -0.39 is 10.8 Å². The number of benzene rings is 3. The molecule has 2 amide bonds. The van der Waals surface area contributed by atoms with Crippen molar-refractivity contribution in [3.05, 3.63) is 94.0 Å². The van der Waals surface area contributed by atoms with Crippen LogP contribution in [0.15, 0.2) is 72.8 Å². The molecular weight excluding hydrogens is 398 g/mol. The van der Waals surface area contributed by atoms with Crippen LogP contribution >= 0.6 is 0 Å². The molecule has 3 aromatic rings. The molecule has 0 saturated heterocycles. The summed E-state index contributed by atoms with van der Waals surface area (Å²) in [4.78, 5) is 34.6. The van der Waals surface area contributed by atoms with E-state index in [4.69, 9.17) is 4.74 Å². The van der Waals surface area contributed by atoms with Crippen molar-refractivity contribution in [3.8, 4) is 5.75 Å². The van der Waals surface area contributed by atoms with Gasteiger partial charge in [-0.05, 0) is 54.4 Å². The van der Waals surface area contributed by atoms with Gasteiger partial charge in [0, 0.05) is 29.1 Å². The first-order valence-electron chi connectivity index (χ1n) is 9.62.